The van der Waals surface area contributed by atoms with Gasteiger partial charge in [-0.05, 0) is 23.6 Å². The highest BCUT2D eigenvalue weighted by atomic mass is 35.5. The number of hydrogen-bond acceptors (Lipinski definition) is 3. The Morgan fingerprint density at radius 3 is 2.56 bits per heavy atom. The highest BCUT2D eigenvalue weighted by Gasteiger charge is 2.15. The molecule has 0 saturated carbocycles. The molecule has 2 N–H and O–H groups in total. The third-order valence-corrected chi connectivity index (χ3v) is 3.95. The third kappa shape index (κ3) is 2.72. The average Bonchev–Trinajstić information content (AvgIpc) is 2.71. The van der Waals surface area contributed by atoms with E-state index < -0.39 is 5.91 Å². The number of carbonyl (C=O) groups is 1. The third-order valence-electron chi connectivity index (χ3n) is 2.10. The highest BCUT2D eigenvalue weighted by Crippen LogP contribution is 2.35. The van der Waals surface area contributed by atoms with E-state index in [-0.39, 0.29) is 16.5 Å². The predicted molar refractivity (Wildman–Crippen MR) is 75.4 cm³/mol. The quantitative estimate of drug-likeness (QED) is 0.790. The van der Waals surface area contributed by atoms with Crippen LogP contribution in [0.2, 0.25) is 15.1 Å². The second-order valence-corrected chi connectivity index (χ2v) is 5.50. The van der Waals surface area contributed by atoms with Crippen molar-refractivity contribution in [3.05, 3.63) is 43.5 Å². The number of anilines is 1. The van der Waals surface area contributed by atoms with Crippen molar-refractivity contribution in [3.63, 3.8) is 0 Å². The molecule has 3 nitrogen and oxygen atoms in total. The Kier molecular flexibility index (Phi) is 4.02. The number of hydrogen-bond donors (Lipinski definition) is 2. The second kappa shape index (κ2) is 5.36. The zero-order valence-electron chi connectivity index (χ0n) is 8.71. The monoisotopic (exact) mass is 321 g/mol. The summed E-state index contributed by atoms with van der Waals surface area (Å²) in [6.45, 7) is 0. The fraction of sp³-hybridized carbons (Fsp3) is 0. The van der Waals surface area contributed by atoms with E-state index in [1.807, 2.05) is 0 Å². The molecule has 0 atom stereocenters. The van der Waals surface area contributed by atoms with Gasteiger partial charge in [-0.3, -0.25) is 4.79 Å². The molecule has 0 bridgehead atoms. The summed E-state index contributed by atoms with van der Waals surface area (Å²) in [5.74, 6) is -0.661. The van der Waals surface area contributed by atoms with E-state index in [9.17, 15) is 9.90 Å². The van der Waals surface area contributed by atoms with Crippen molar-refractivity contribution in [3.8, 4) is 5.75 Å². The van der Waals surface area contributed by atoms with Crippen molar-refractivity contribution in [2.24, 2.45) is 0 Å². The van der Waals surface area contributed by atoms with Crippen LogP contribution in [-0.2, 0) is 0 Å². The van der Waals surface area contributed by atoms with Gasteiger partial charge < -0.3 is 10.4 Å². The molecule has 1 heterocycles. The molecule has 0 spiro atoms. The maximum atomic E-state index is 11.9. The molecule has 7 heteroatoms. The molecule has 1 aromatic heterocycles. The Labute approximate surface area is 122 Å². The number of halogens is 3. The predicted octanol–water partition coefficient (Wildman–Crippen LogP) is 4.67. The number of carbonyl (C=O) groups excluding carboxylic acids is 1. The van der Waals surface area contributed by atoms with Gasteiger partial charge in [0.05, 0.1) is 15.7 Å². The summed E-state index contributed by atoms with van der Waals surface area (Å²) in [6.07, 6.45) is 0. The fourth-order valence-corrected chi connectivity index (χ4v) is 2.83. The lowest BCUT2D eigenvalue weighted by molar-refractivity contribution is 0.103. The maximum Gasteiger partial charge on any atom is 0.267 e. The van der Waals surface area contributed by atoms with Crippen LogP contribution in [0.3, 0.4) is 0 Å². The van der Waals surface area contributed by atoms with Crippen LogP contribution in [0.4, 0.5) is 5.69 Å². The van der Waals surface area contributed by atoms with Crippen LogP contribution in [0.1, 0.15) is 9.67 Å². The van der Waals surface area contributed by atoms with Gasteiger partial charge in [0.15, 0.2) is 5.75 Å². The molecule has 2 rings (SSSR count). The van der Waals surface area contributed by atoms with Gasteiger partial charge in [0.1, 0.15) is 4.88 Å². The first-order valence-corrected chi connectivity index (χ1v) is 6.72. The Morgan fingerprint density at radius 2 is 1.94 bits per heavy atom. The Bertz CT molecular complexity index is 612. The SMILES string of the molecule is O=C(Nc1cc(Cl)cc(Cl)c1O)c1sccc1Cl. The number of aromatic hydroxyl groups is 1. The Morgan fingerprint density at radius 1 is 1.22 bits per heavy atom. The topological polar surface area (TPSA) is 49.3 Å². The summed E-state index contributed by atoms with van der Waals surface area (Å²) in [7, 11) is 0. The lowest BCUT2D eigenvalue weighted by atomic mass is 10.3. The van der Waals surface area contributed by atoms with E-state index in [1.54, 1.807) is 11.4 Å². The van der Waals surface area contributed by atoms with Crippen molar-refractivity contribution < 1.29 is 9.90 Å². The smallest absolute Gasteiger partial charge is 0.267 e. The molecule has 94 valence electrons. The molecular formula is C11H6Cl3NO2S. The summed E-state index contributed by atoms with van der Waals surface area (Å²) in [5, 5.41) is 14.6. The molecule has 0 saturated heterocycles. The van der Waals surface area contributed by atoms with E-state index in [1.165, 1.54) is 23.5 Å². The van der Waals surface area contributed by atoms with Crippen LogP contribution >= 0.6 is 46.1 Å². The van der Waals surface area contributed by atoms with E-state index >= 15 is 0 Å². The number of amides is 1. The normalized spacial score (nSPS) is 10.4. The number of phenolic OH excluding ortho intramolecular Hbond substituents is 1. The molecule has 1 aromatic carbocycles. The lowest BCUT2D eigenvalue weighted by Gasteiger charge is -2.08. The van der Waals surface area contributed by atoms with Crippen molar-refractivity contribution >= 4 is 57.7 Å². The molecule has 0 aliphatic heterocycles. The van der Waals surface area contributed by atoms with Crippen molar-refractivity contribution in [2.75, 3.05) is 5.32 Å². The Balaban J connectivity index is 2.30. The van der Waals surface area contributed by atoms with E-state index in [0.717, 1.165) is 0 Å². The zero-order valence-corrected chi connectivity index (χ0v) is 11.8. The summed E-state index contributed by atoms with van der Waals surface area (Å²) in [5.41, 5.74) is 0.141. The first-order valence-electron chi connectivity index (χ1n) is 4.71. The van der Waals surface area contributed by atoms with E-state index in [0.29, 0.717) is 14.9 Å². The molecular weight excluding hydrogens is 317 g/mol. The van der Waals surface area contributed by atoms with E-state index in [2.05, 4.69) is 5.32 Å². The fourth-order valence-electron chi connectivity index (χ4n) is 1.30. The summed E-state index contributed by atoms with van der Waals surface area (Å²) in [6, 6.07) is 4.40. The number of rotatable bonds is 2. The van der Waals surface area contributed by atoms with Crippen LogP contribution in [0.25, 0.3) is 0 Å². The molecule has 2 aromatic rings. The summed E-state index contributed by atoms with van der Waals surface area (Å²) >= 11 is 18.6. The van der Waals surface area contributed by atoms with Gasteiger partial charge in [0.25, 0.3) is 5.91 Å². The Hall–Kier alpha value is -0.940. The van der Waals surface area contributed by atoms with Crippen LogP contribution in [0.5, 0.6) is 5.75 Å². The standard InChI is InChI=1S/C11H6Cl3NO2S/c12-5-3-7(14)9(16)8(4-5)15-11(17)10-6(13)1-2-18-10/h1-4,16H,(H,15,17). The minimum absolute atomic E-state index is 0.0649. The van der Waals surface area contributed by atoms with Crippen LogP contribution in [-0.4, -0.2) is 11.0 Å². The molecule has 0 aliphatic rings. The van der Waals surface area contributed by atoms with Gasteiger partial charge in [-0.25, -0.2) is 0 Å². The van der Waals surface area contributed by atoms with E-state index in [4.69, 9.17) is 34.8 Å². The van der Waals surface area contributed by atoms with Gasteiger partial charge in [-0.2, -0.15) is 0 Å². The van der Waals surface area contributed by atoms with Crippen molar-refractivity contribution in [1.29, 1.82) is 0 Å². The van der Waals surface area contributed by atoms with Gasteiger partial charge in [-0.15, -0.1) is 11.3 Å². The number of thiophene rings is 1. The van der Waals surface area contributed by atoms with Crippen LogP contribution in [0.15, 0.2) is 23.6 Å². The highest BCUT2D eigenvalue weighted by molar-refractivity contribution is 7.12. The molecule has 0 unspecified atom stereocenters. The number of benzene rings is 1. The lowest BCUT2D eigenvalue weighted by Crippen LogP contribution is -2.10. The molecule has 18 heavy (non-hydrogen) atoms. The van der Waals surface area contributed by atoms with Crippen molar-refractivity contribution in [1.82, 2.24) is 0 Å². The maximum absolute atomic E-state index is 11.9. The van der Waals surface area contributed by atoms with Gasteiger partial charge in [0.2, 0.25) is 0 Å². The molecule has 0 fully saturated rings. The average molecular weight is 323 g/mol. The first kappa shape index (κ1) is 13.5. The zero-order chi connectivity index (χ0) is 13.3. The molecule has 1 amide bonds. The minimum atomic E-state index is -0.427. The van der Waals surface area contributed by atoms with Gasteiger partial charge in [-0.1, -0.05) is 34.8 Å². The summed E-state index contributed by atoms with van der Waals surface area (Å²) in [4.78, 5) is 12.2. The largest absolute Gasteiger partial charge is 0.504 e. The van der Waals surface area contributed by atoms with Crippen LogP contribution in [0, 0.1) is 0 Å². The van der Waals surface area contributed by atoms with Gasteiger partial charge in [0, 0.05) is 5.02 Å². The number of phenols is 1. The van der Waals surface area contributed by atoms with Crippen LogP contribution < -0.4 is 5.32 Å². The second-order valence-electron chi connectivity index (χ2n) is 3.34. The van der Waals surface area contributed by atoms with Gasteiger partial charge >= 0.3 is 0 Å². The number of nitrogens with one attached hydrogen (secondary N) is 1. The minimum Gasteiger partial charge on any atom is -0.504 e. The molecule has 0 radical (unpaired) electrons. The first-order chi connectivity index (χ1) is 8.49. The molecule has 0 aliphatic carbocycles. The van der Waals surface area contributed by atoms with Crippen molar-refractivity contribution in [2.45, 2.75) is 0 Å². The summed E-state index contributed by atoms with van der Waals surface area (Å²) < 4.78 is 0.